The van der Waals surface area contributed by atoms with Gasteiger partial charge in [0, 0.05) is 39.4 Å². The van der Waals surface area contributed by atoms with Gasteiger partial charge in [0.15, 0.2) is 0 Å². The van der Waals surface area contributed by atoms with E-state index in [0.717, 1.165) is 24.8 Å². The molecular weight excluding hydrogens is 490 g/mol. The van der Waals surface area contributed by atoms with Crippen molar-refractivity contribution in [3.8, 4) is 17.1 Å². The Morgan fingerprint density at radius 2 is 1.80 bits per heavy atom. The lowest BCUT2D eigenvalue weighted by atomic mass is 10.1. The third-order valence-electron chi connectivity index (χ3n) is 6.19. The van der Waals surface area contributed by atoms with E-state index in [1.165, 1.54) is 4.31 Å². The van der Waals surface area contributed by atoms with Gasteiger partial charge in [0.1, 0.15) is 17.1 Å². The van der Waals surface area contributed by atoms with Crippen LogP contribution >= 0.6 is 12.4 Å². The smallest absolute Gasteiger partial charge is 0.275 e. The predicted octanol–water partition coefficient (Wildman–Crippen LogP) is 3.03. The van der Waals surface area contributed by atoms with Gasteiger partial charge in [0.25, 0.3) is 5.56 Å². The standard InChI is InChI=1S/C24H33N5O4S.ClH/c1-5-7-17-16-28(4)22-21(17)25-23(26-24(22)30)19-15-18(8-9-20(19)33-14-6-2)34(31,32)29-12-10-27(3)11-13-29;/h8-9,15-16H,5-7,10-14H2,1-4H3,(H,25,26,30);1H. The number of sulfonamides is 1. The lowest BCUT2D eigenvalue weighted by molar-refractivity contribution is 0.222. The van der Waals surface area contributed by atoms with Crippen molar-refractivity contribution in [1.29, 1.82) is 0 Å². The number of benzene rings is 1. The second-order valence-electron chi connectivity index (χ2n) is 8.84. The molecule has 0 unspecified atom stereocenters. The van der Waals surface area contributed by atoms with E-state index in [9.17, 15) is 13.2 Å². The first-order valence-electron chi connectivity index (χ1n) is 11.8. The number of nitrogens with one attached hydrogen (secondary N) is 1. The summed E-state index contributed by atoms with van der Waals surface area (Å²) in [5, 5.41) is 0. The maximum Gasteiger partial charge on any atom is 0.275 e. The zero-order valence-corrected chi connectivity index (χ0v) is 22.3. The number of ether oxygens (including phenoxy) is 1. The monoisotopic (exact) mass is 523 g/mol. The number of hydrogen-bond donors (Lipinski definition) is 1. The van der Waals surface area contributed by atoms with Crippen molar-refractivity contribution in [1.82, 2.24) is 23.7 Å². The van der Waals surface area contributed by atoms with Crippen LogP contribution in [0.3, 0.4) is 0 Å². The number of nitrogens with zero attached hydrogens (tertiary/aromatic N) is 4. The maximum absolute atomic E-state index is 13.4. The van der Waals surface area contributed by atoms with Crippen LogP contribution in [-0.2, 0) is 23.5 Å². The predicted molar refractivity (Wildman–Crippen MR) is 140 cm³/mol. The molecule has 0 saturated carbocycles. The van der Waals surface area contributed by atoms with Gasteiger partial charge in [-0.25, -0.2) is 13.4 Å². The van der Waals surface area contributed by atoms with Crippen LogP contribution in [-0.4, -0.2) is 72.0 Å². The average molecular weight is 524 g/mol. The Balaban J connectivity index is 0.00000342. The van der Waals surface area contributed by atoms with Crippen molar-refractivity contribution in [3.63, 3.8) is 0 Å². The number of halogens is 1. The van der Waals surface area contributed by atoms with E-state index in [4.69, 9.17) is 9.72 Å². The number of likely N-dealkylation sites (N-methyl/N-ethyl adjacent to an activating group) is 1. The molecule has 0 aliphatic carbocycles. The Hall–Kier alpha value is -2.40. The molecule has 192 valence electrons. The van der Waals surface area contributed by atoms with Crippen molar-refractivity contribution in [2.45, 2.75) is 38.0 Å². The van der Waals surface area contributed by atoms with Crippen molar-refractivity contribution in [3.05, 3.63) is 40.3 Å². The highest BCUT2D eigenvalue weighted by molar-refractivity contribution is 7.89. The molecule has 3 heterocycles. The van der Waals surface area contributed by atoms with Crippen LogP contribution in [0.5, 0.6) is 5.75 Å². The summed E-state index contributed by atoms with van der Waals surface area (Å²) in [5.41, 5.74) is 2.33. The first kappa shape index (κ1) is 27.2. The number of fused-ring (bicyclic) bond motifs is 1. The van der Waals surface area contributed by atoms with E-state index >= 15 is 0 Å². The highest BCUT2D eigenvalue weighted by atomic mass is 35.5. The van der Waals surface area contributed by atoms with Crippen LogP contribution in [0.25, 0.3) is 22.4 Å². The molecule has 1 saturated heterocycles. The van der Waals surface area contributed by atoms with Crippen LogP contribution < -0.4 is 10.3 Å². The minimum absolute atomic E-state index is 0. The first-order chi connectivity index (χ1) is 16.3. The number of hydrogen-bond acceptors (Lipinski definition) is 6. The van der Waals surface area contributed by atoms with Gasteiger partial charge in [0.2, 0.25) is 10.0 Å². The molecule has 9 nitrogen and oxygen atoms in total. The Kier molecular flexibility index (Phi) is 8.63. The summed E-state index contributed by atoms with van der Waals surface area (Å²) >= 11 is 0. The summed E-state index contributed by atoms with van der Waals surface area (Å²) < 4.78 is 36.0. The number of piperazine rings is 1. The van der Waals surface area contributed by atoms with Crippen molar-refractivity contribution in [2.24, 2.45) is 7.05 Å². The van der Waals surface area contributed by atoms with Crippen LogP contribution in [0.4, 0.5) is 0 Å². The number of rotatable bonds is 8. The molecule has 35 heavy (non-hydrogen) atoms. The first-order valence-corrected chi connectivity index (χ1v) is 13.2. The summed E-state index contributed by atoms with van der Waals surface area (Å²) in [5.74, 6) is 0.803. The van der Waals surface area contributed by atoms with Gasteiger partial charge in [-0.3, -0.25) is 4.79 Å². The number of aromatic amines is 1. The zero-order valence-electron chi connectivity index (χ0n) is 20.7. The summed E-state index contributed by atoms with van der Waals surface area (Å²) in [6, 6.07) is 4.81. The van der Waals surface area contributed by atoms with Gasteiger partial charge in [0.05, 0.1) is 22.6 Å². The SMILES string of the molecule is CCCOc1ccc(S(=O)(=O)N2CCN(C)CC2)cc1-c1nc2c(CCC)cn(C)c2c(=O)[nH]1.Cl. The molecule has 1 aliphatic heterocycles. The van der Waals surface area contributed by atoms with E-state index < -0.39 is 10.0 Å². The molecule has 1 N–H and O–H groups in total. The molecule has 1 aliphatic rings. The molecule has 0 atom stereocenters. The van der Waals surface area contributed by atoms with Crippen molar-refractivity contribution >= 4 is 33.5 Å². The van der Waals surface area contributed by atoms with Crippen molar-refractivity contribution in [2.75, 3.05) is 39.8 Å². The summed E-state index contributed by atoms with van der Waals surface area (Å²) in [6.07, 6.45) is 4.45. The van der Waals surface area contributed by atoms with Gasteiger partial charge in [-0.1, -0.05) is 20.3 Å². The van der Waals surface area contributed by atoms with E-state index in [2.05, 4.69) is 16.8 Å². The fraction of sp³-hybridized carbons (Fsp3) is 0.500. The molecule has 4 rings (SSSR count). The normalized spacial score (nSPS) is 15.3. The molecule has 2 aromatic heterocycles. The van der Waals surface area contributed by atoms with Crippen LogP contribution in [0, 0.1) is 0 Å². The highest BCUT2D eigenvalue weighted by Crippen LogP contribution is 2.32. The van der Waals surface area contributed by atoms with E-state index in [1.807, 2.05) is 27.2 Å². The number of H-pyrrole nitrogens is 1. The van der Waals surface area contributed by atoms with Crippen LogP contribution in [0.1, 0.15) is 32.3 Å². The fourth-order valence-electron chi connectivity index (χ4n) is 4.33. The topological polar surface area (TPSA) is 101 Å². The lowest BCUT2D eigenvalue weighted by Crippen LogP contribution is -2.47. The molecule has 0 radical (unpaired) electrons. The van der Waals surface area contributed by atoms with Crippen LogP contribution in [0.15, 0.2) is 34.1 Å². The van der Waals surface area contributed by atoms with Gasteiger partial charge >= 0.3 is 0 Å². The highest BCUT2D eigenvalue weighted by Gasteiger charge is 2.29. The minimum Gasteiger partial charge on any atom is -0.493 e. The Morgan fingerprint density at radius 3 is 2.46 bits per heavy atom. The summed E-state index contributed by atoms with van der Waals surface area (Å²) in [6.45, 7) is 6.79. The molecule has 1 aromatic carbocycles. The van der Waals surface area contributed by atoms with Gasteiger partial charge in [-0.2, -0.15) is 4.31 Å². The van der Waals surface area contributed by atoms with Gasteiger partial charge in [-0.05, 0) is 43.7 Å². The lowest BCUT2D eigenvalue weighted by Gasteiger charge is -2.31. The Morgan fingerprint density at radius 1 is 1.09 bits per heavy atom. The fourth-order valence-corrected chi connectivity index (χ4v) is 5.78. The quantitative estimate of drug-likeness (QED) is 0.487. The van der Waals surface area contributed by atoms with Gasteiger partial charge < -0.3 is 19.2 Å². The van der Waals surface area contributed by atoms with Crippen molar-refractivity contribution < 1.29 is 13.2 Å². The molecule has 3 aromatic rings. The number of aryl methyl sites for hydroxylation is 2. The largest absolute Gasteiger partial charge is 0.493 e. The van der Waals surface area contributed by atoms with E-state index in [0.29, 0.717) is 61.0 Å². The molecular formula is C24H34ClN5O4S. The second-order valence-corrected chi connectivity index (χ2v) is 10.8. The summed E-state index contributed by atoms with van der Waals surface area (Å²) in [7, 11) is 0.122. The molecule has 11 heteroatoms. The summed E-state index contributed by atoms with van der Waals surface area (Å²) in [4.78, 5) is 22.9. The third-order valence-corrected chi connectivity index (χ3v) is 8.08. The Bertz CT molecular complexity index is 1340. The molecule has 0 spiro atoms. The second kappa shape index (κ2) is 11.1. The average Bonchev–Trinajstić information content (AvgIpc) is 3.13. The minimum atomic E-state index is -3.69. The third kappa shape index (κ3) is 5.40. The van der Waals surface area contributed by atoms with E-state index in [1.54, 1.807) is 22.8 Å². The number of aromatic nitrogens is 3. The molecule has 0 bridgehead atoms. The Labute approximate surface area is 212 Å². The van der Waals surface area contributed by atoms with Gasteiger partial charge in [-0.15, -0.1) is 12.4 Å². The molecule has 0 amide bonds. The van der Waals surface area contributed by atoms with E-state index in [-0.39, 0.29) is 22.9 Å². The maximum atomic E-state index is 13.4. The molecule has 1 fully saturated rings. The zero-order chi connectivity index (χ0) is 24.5. The van der Waals surface area contributed by atoms with Crippen LogP contribution in [0.2, 0.25) is 0 Å².